The van der Waals surface area contributed by atoms with Gasteiger partial charge in [-0.25, -0.2) is 0 Å². The van der Waals surface area contributed by atoms with Crippen molar-refractivity contribution in [2.75, 3.05) is 5.32 Å². The van der Waals surface area contributed by atoms with Crippen molar-refractivity contribution in [3.05, 3.63) is 51.3 Å². The fraction of sp³-hybridized carbons (Fsp3) is 0.133. The molecule has 0 unspecified atom stereocenters. The zero-order valence-corrected chi connectivity index (χ0v) is 12.6. The zero-order valence-electron chi connectivity index (χ0n) is 11.0. The predicted molar refractivity (Wildman–Crippen MR) is 80.6 cm³/mol. The van der Waals surface area contributed by atoms with Gasteiger partial charge in [-0.2, -0.15) is 10.5 Å². The van der Waals surface area contributed by atoms with E-state index in [0.717, 1.165) is 10.2 Å². The third kappa shape index (κ3) is 2.79. The second kappa shape index (κ2) is 5.73. The van der Waals surface area contributed by atoms with Gasteiger partial charge in [-0.3, -0.25) is 4.98 Å². The molecule has 1 aromatic heterocycles. The van der Waals surface area contributed by atoms with E-state index < -0.39 is 0 Å². The lowest BCUT2D eigenvalue weighted by atomic mass is 10.1. The Hall–Kier alpha value is -2.37. The highest BCUT2D eigenvalue weighted by molar-refractivity contribution is 9.10. The lowest BCUT2D eigenvalue weighted by molar-refractivity contribution is 1.11. The van der Waals surface area contributed by atoms with Crippen LogP contribution >= 0.6 is 15.9 Å². The number of aromatic nitrogens is 1. The number of pyridine rings is 1. The normalized spacial score (nSPS) is 9.65. The first-order valence-corrected chi connectivity index (χ1v) is 6.69. The highest BCUT2D eigenvalue weighted by atomic mass is 79.9. The number of nitriles is 2. The van der Waals surface area contributed by atoms with Gasteiger partial charge in [0.25, 0.3) is 0 Å². The Balaban J connectivity index is 2.54. The van der Waals surface area contributed by atoms with Crippen LogP contribution < -0.4 is 5.32 Å². The van der Waals surface area contributed by atoms with Gasteiger partial charge in [0.15, 0.2) is 0 Å². The topological polar surface area (TPSA) is 72.5 Å². The molecule has 0 saturated heterocycles. The van der Waals surface area contributed by atoms with Crippen molar-refractivity contribution < 1.29 is 0 Å². The summed E-state index contributed by atoms with van der Waals surface area (Å²) in [5.74, 6) is 0. The van der Waals surface area contributed by atoms with Crippen LogP contribution in [0.15, 0.2) is 28.7 Å². The monoisotopic (exact) mass is 326 g/mol. The Morgan fingerprint density at radius 3 is 2.50 bits per heavy atom. The molecule has 0 radical (unpaired) electrons. The summed E-state index contributed by atoms with van der Waals surface area (Å²) >= 11 is 3.38. The molecular formula is C15H11BrN4. The third-order valence-corrected chi connectivity index (χ3v) is 3.30. The standard InChI is InChI=1S/C15H11BrN4/c1-9-5-15(13(8-18)10(2)19-9)20-14-6-12(16)4-3-11(14)7-17/h3-6H,1-2H3,(H,19,20). The number of halogens is 1. The summed E-state index contributed by atoms with van der Waals surface area (Å²) < 4.78 is 0.861. The Kier molecular flexibility index (Phi) is 4.02. The maximum absolute atomic E-state index is 9.24. The van der Waals surface area contributed by atoms with Crippen molar-refractivity contribution >= 4 is 27.3 Å². The molecule has 2 rings (SSSR count). The van der Waals surface area contributed by atoms with E-state index in [1.807, 2.05) is 13.0 Å². The van der Waals surface area contributed by atoms with Gasteiger partial charge in [0, 0.05) is 10.2 Å². The quantitative estimate of drug-likeness (QED) is 0.906. The summed E-state index contributed by atoms with van der Waals surface area (Å²) in [5, 5.41) is 21.5. The lowest BCUT2D eigenvalue weighted by Crippen LogP contribution is -2.01. The van der Waals surface area contributed by atoms with Crippen LogP contribution in [-0.4, -0.2) is 4.98 Å². The largest absolute Gasteiger partial charge is 0.353 e. The number of nitrogens with zero attached hydrogens (tertiary/aromatic N) is 3. The minimum atomic E-state index is 0.486. The summed E-state index contributed by atoms with van der Waals surface area (Å²) in [7, 11) is 0. The number of aryl methyl sites for hydroxylation is 2. The van der Waals surface area contributed by atoms with E-state index in [1.165, 1.54) is 0 Å². The maximum atomic E-state index is 9.24. The molecule has 0 atom stereocenters. The molecule has 0 aliphatic carbocycles. The molecular weight excluding hydrogens is 316 g/mol. The number of rotatable bonds is 2. The van der Waals surface area contributed by atoms with E-state index in [-0.39, 0.29) is 0 Å². The van der Waals surface area contributed by atoms with Crippen molar-refractivity contribution in [2.24, 2.45) is 0 Å². The Morgan fingerprint density at radius 1 is 1.10 bits per heavy atom. The van der Waals surface area contributed by atoms with Gasteiger partial charge in [-0.1, -0.05) is 15.9 Å². The van der Waals surface area contributed by atoms with Crippen LogP contribution in [0.3, 0.4) is 0 Å². The van der Waals surface area contributed by atoms with Gasteiger partial charge < -0.3 is 5.32 Å². The maximum Gasteiger partial charge on any atom is 0.103 e. The second-order valence-electron chi connectivity index (χ2n) is 4.31. The van der Waals surface area contributed by atoms with Gasteiger partial charge in [0.1, 0.15) is 12.1 Å². The third-order valence-electron chi connectivity index (χ3n) is 2.81. The van der Waals surface area contributed by atoms with Crippen molar-refractivity contribution in [2.45, 2.75) is 13.8 Å². The molecule has 4 nitrogen and oxygen atoms in total. The molecule has 0 saturated carbocycles. The van der Waals surface area contributed by atoms with Crippen LogP contribution in [0.5, 0.6) is 0 Å². The average molecular weight is 327 g/mol. The molecule has 0 fully saturated rings. The first-order valence-electron chi connectivity index (χ1n) is 5.90. The highest BCUT2D eigenvalue weighted by Crippen LogP contribution is 2.27. The molecule has 1 N–H and O–H groups in total. The summed E-state index contributed by atoms with van der Waals surface area (Å²) in [6.07, 6.45) is 0. The molecule has 98 valence electrons. The molecule has 1 heterocycles. The Morgan fingerprint density at radius 2 is 1.85 bits per heavy atom. The molecule has 1 aromatic carbocycles. The Labute approximate surface area is 125 Å². The molecule has 2 aromatic rings. The second-order valence-corrected chi connectivity index (χ2v) is 5.23. The molecule has 0 bridgehead atoms. The lowest BCUT2D eigenvalue weighted by Gasteiger charge is -2.12. The van der Waals surface area contributed by atoms with Crippen LogP contribution in [0.25, 0.3) is 0 Å². The van der Waals surface area contributed by atoms with Gasteiger partial charge in [0.2, 0.25) is 0 Å². The fourth-order valence-electron chi connectivity index (χ4n) is 1.93. The molecule has 0 spiro atoms. The number of hydrogen-bond acceptors (Lipinski definition) is 4. The molecule has 20 heavy (non-hydrogen) atoms. The number of benzene rings is 1. The average Bonchev–Trinajstić information content (AvgIpc) is 2.38. The summed E-state index contributed by atoms with van der Waals surface area (Å²) in [6.45, 7) is 3.66. The van der Waals surface area contributed by atoms with E-state index in [1.54, 1.807) is 25.1 Å². The van der Waals surface area contributed by atoms with E-state index in [9.17, 15) is 5.26 Å². The summed E-state index contributed by atoms with van der Waals surface area (Å²) in [4.78, 5) is 4.27. The Bertz CT molecular complexity index is 754. The fourth-order valence-corrected chi connectivity index (χ4v) is 2.29. The van der Waals surface area contributed by atoms with Crippen LogP contribution in [-0.2, 0) is 0 Å². The predicted octanol–water partition coefficient (Wildman–Crippen LogP) is 3.95. The molecule has 0 aliphatic rings. The van der Waals surface area contributed by atoms with Crippen LogP contribution in [0, 0.1) is 36.5 Å². The SMILES string of the molecule is Cc1cc(Nc2cc(Br)ccc2C#N)c(C#N)c(C)n1. The van der Waals surface area contributed by atoms with Gasteiger partial charge in [-0.15, -0.1) is 0 Å². The smallest absolute Gasteiger partial charge is 0.103 e. The van der Waals surface area contributed by atoms with Gasteiger partial charge in [0.05, 0.1) is 28.2 Å². The molecule has 0 amide bonds. The van der Waals surface area contributed by atoms with Crippen molar-refractivity contribution in [3.63, 3.8) is 0 Å². The van der Waals surface area contributed by atoms with Crippen molar-refractivity contribution in [3.8, 4) is 12.1 Å². The molecule has 0 aliphatic heterocycles. The van der Waals surface area contributed by atoms with Crippen LogP contribution in [0.2, 0.25) is 0 Å². The van der Waals surface area contributed by atoms with E-state index in [4.69, 9.17) is 5.26 Å². The first-order chi connectivity index (χ1) is 9.55. The van der Waals surface area contributed by atoms with Gasteiger partial charge in [-0.05, 0) is 38.1 Å². The minimum Gasteiger partial charge on any atom is -0.353 e. The van der Waals surface area contributed by atoms with Crippen molar-refractivity contribution in [1.82, 2.24) is 4.98 Å². The van der Waals surface area contributed by atoms with E-state index >= 15 is 0 Å². The van der Waals surface area contributed by atoms with Crippen molar-refractivity contribution in [1.29, 1.82) is 10.5 Å². The van der Waals surface area contributed by atoms with E-state index in [0.29, 0.717) is 28.2 Å². The minimum absolute atomic E-state index is 0.486. The first kappa shape index (κ1) is 14.0. The number of hydrogen-bond donors (Lipinski definition) is 1. The molecule has 5 heteroatoms. The highest BCUT2D eigenvalue weighted by Gasteiger charge is 2.10. The van der Waals surface area contributed by atoms with E-state index in [2.05, 4.69) is 38.4 Å². The van der Waals surface area contributed by atoms with Crippen LogP contribution in [0.4, 0.5) is 11.4 Å². The zero-order chi connectivity index (χ0) is 14.7. The number of nitrogens with one attached hydrogen (secondary N) is 1. The summed E-state index contributed by atoms with van der Waals surface area (Å²) in [6, 6.07) is 11.4. The summed E-state index contributed by atoms with van der Waals surface area (Å²) in [5.41, 5.74) is 3.81. The van der Waals surface area contributed by atoms with Crippen LogP contribution in [0.1, 0.15) is 22.5 Å². The van der Waals surface area contributed by atoms with Gasteiger partial charge >= 0.3 is 0 Å². The number of anilines is 2.